The molecule has 132 valence electrons. The molecule has 0 amide bonds. The van der Waals surface area contributed by atoms with E-state index in [2.05, 4.69) is 13.8 Å². The summed E-state index contributed by atoms with van der Waals surface area (Å²) >= 11 is 0. The van der Waals surface area contributed by atoms with Crippen molar-refractivity contribution in [2.24, 2.45) is 0 Å². The highest BCUT2D eigenvalue weighted by Crippen LogP contribution is 2.64. The van der Waals surface area contributed by atoms with Crippen LogP contribution in [0.4, 0.5) is 0 Å². The van der Waals surface area contributed by atoms with Crippen LogP contribution in [0.2, 0.25) is 0 Å². The Morgan fingerprint density at radius 1 is 0.720 bits per heavy atom. The summed E-state index contributed by atoms with van der Waals surface area (Å²) in [5.74, 6) is 6.13. The van der Waals surface area contributed by atoms with Crippen molar-refractivity contribution in [3.63, 3.8) is 0 Å². The maximum atomic E-state index is 6.16. The molecule has 0 bridgehead atoms. The lowest BCUT2D eigenvalue weighted by molar-refractivity contribution is 0.403. The van der Waals surface area contributed by atoms with Crippen LogP contribution in [0.15, 0.2) is 12.1 Å². The van der Waals surface area contributed by atoms with Crippen LogP contribution in [0, 0.1) is 0 Å². The average Bonchev–Trinajstić information content (AvgIpc) is 3.49. The highest BCUT2D eigenvalue weighted by Gasteiger charge is 2.37. The van der Waals surface area contributed by atoms with Crippen molar-refractivity contribution in [2.75, 3.05) is 14.2 Å². The van der Waals surface area contributed by atoms with Crippen LogP contribution < -0.4 is 23.7 Å². The van der Waals surface area contributed by atoms with Crippen LogP contribution in [0.1, 0.15) is 37.8 Å². The molecule has 2 heterocycles. The van der Waals surface area contributed by atoms with Gasteiger partial charge in [0, 0.05) is 11.1 Å². The quantitative estimate of drug-likeness (QED) is 0.389. The summed E-state index contributed by atoms with van der Waals surface area (Å²) in [6.07, 6.45) is 3.87. The van der Waals surface area contributed by atoms with E-state index in [0.29, 0.717) is 11.5 Å². The Labute approximate surface area is 147 Å². The molecule has 0 N–H and O–H groups in total. The topological polar surface area (TPSA) is 52.8 Å². The first-order valence-electron chi connectivity index (χ1n) is 8.73. The standard InChI is InChI=1S/C20H22O5/c1-5-7-11-9-13(17-19(24-17)15(11)21-3)23-14-10-12(8-6-2)16(22-4)20-18(14)25-20/h9-10H,5-8H2,1-4H3. The van der Waals surface area contributed by atoms with Gasteiger partial charge in [-0.3, -0.25) is 0 Å². The Bertz CT molecular complexity index is 771. The van der Waals surface area contributed by atoms with Crippen LogP contribution >= 0.6 is 0 Å². The van der Waals surface area contributed by atoms with Crippen molar-refractivity contribution in [1.82, 2.24) is 0 Å². The second-order valence-electron chi connectivity index (χ2n) is 6.26. The normalized spacial score (nSPS) is 12.5. The molecule has 2 aromatic carbocycles. The van der Waals surface area contributed by atoms with Crippen molar-refractivity contribution in [1.29, 1.82) is 0 Å². The third kappa shape index (κ3) is 2.64. The molecule has 0 atom stereocenters. The monoisotopic (exact) mass is 342 g/mol. The molecule has 2 aliphatic rings. The predicted octanol–water partition coefficient (Wildman–Crippen LogP) is 5.61. The van der Waals surface area contributed by atoms with Gasteiger partial charge >= 0.3 is 0 Å². The van der Waals surface area contributed by atoms with E-state index >= 15 is 0 Å². The van der Waals surface area contributed by atoms with E-state index in [9.17, 15) is 0 Å². The largest absolute Gasteiger partial charge is 0.492 e. The van der Waals surface area contributed by atoms with E-state index in [-0.39, 0.29) is 0 Å². The summed E-state index contributed by atoms with van der Waals surface area (Å²) in [6, 6.07) is 4.01. The van der Waals surface area contributed by atoms with Gasteiger partial charge in [0.25, 0.3) is 0 Å². The third-order valence-corrected chi connectivity index (χ3v) is 4.46. The smallest absolute Gasteiger partial charge is 0.216 e. The van der Waals surface area contributed by atoms with Gasteiger partial charge in [0.05, 0.1) is 14.2 Å². The molecular formula is C20H22O5. The van der Waals surface area contributed by atoms with Crippen LogP contribution in [0.3, 0.4) is 0 Å². The first kappa shape index (κ1) is 15.9. The predicted molar refractivity (Wildman–Crippen MR) is 94.2 cm³/mol. The SMILES string of the molecule is CCCc1cc(Oc2cc(CCC)c(OC)c3c2O3)c2c(c1OC)O2. The molecule has 0 saturated heterocycles. The van der Waals surface area contributed by atoms with Crippen molar-refractivity contribution in [2.45, 2.75) is 39.5 Å². The molecule has 0 saturated carbocycles. The molecule has 5 heteroatoms. The van der Waals surface area contributed by atoms with E-state index in [1.807, 2.05) is 12.1 Å². The van der Waals surface area contributed by atoms with Crippen LogP contribution in [0.5, 0.6) is 46.0 Å². The lowest BCUT2D eigenvalue weighted by Gasteiger charge is -2.09. The van der Waals surface area contributed by atoms with Crippen LogP contribution in [-0.2, 0) is 12.8 Å². The number of hydrogen-bond donors (Lipinski definition) is 0. The van der Waals surface area contributed by atoms with Gasteiger partial charge in [-0.25, -0.2) is 0 Å². The fourth-order valence-corrected chi connectivity index (χ4v) is 3.27. The first-order chi connectivity index (χ1) is 12.2. The number of fused-ring (bicyclic) bond motifs is 2. The summed E-state index contributed by atoms with van der Waals surface area (Å²) in [5.41, 5.74) is 2.20. The average molecular weight is 342 g/mol. The Balaban J connectivity index is 1.69. The van der Waals surface area contributed by atoms with Gasteiger partial charge in [-0.15, -0.1) is 0 Å². The first-order valence-corrected chi connectivity index (χ1v) is 8.73. The van der Waals surface area contributed by atoms with Crippen molar-refractivity contribution >= 4 is 0 Å². The lowest BCUT2D eigenvalue weighted by atomic mass is 10.1. The summed E-state index contributed by atoms with van der Waals surface area (Å²) < 4.78 is 28.3. The molecule has 25 heavy (non-hydrogen) atoms. The molecule has 0 aromatic heterocycles. The molecule has 0 fully saturated rings. The summed E-state index contributed by atoms with van der Waals surface area (Å²) in [5, 5.41) is 0. The van der Waals surface area contributed by atoms with E-state index < -0.39 is 0 Å². The van der Waals surface area contributed by atoms with Gasteiger partial charge in [-0.05, 0) is 25.0 Å². The Morgan fingerprint density at radius 3 is 1.52 bits per heavy atom. The van der Waals surface area contributed by atoms with Crippen molar-refractivity contribution in [3.05, 3.63) is 23.3 Å². The van der Waals surface area contributed by atoms with Crippen molar-refractivity contribution in [3.8, 4) is 46.0 Å². The maximum Gasteiger partial charge on any atom is 0.216 e. The number of hydrogen-bond acceptors (Lipinski definition) is 5. The summed E-state index contributed by atoms with van der Waals surface area (Å²) in [7, 11) is 3.34. The second-order valence-corrected chi connectivity index (χ2v) is 6.26. The molecular weight excluding hydrogens is 320 g/mol. The molecule has 5 nitrogen and oxygen atoms in total. The molecule has 0 spiro atoms. The highest BCUT2D eigenvalue weighted by atomic mass is 16.6. The fraction of sp³-hybridized carbons (Fsp3) is 0.400. The highest BCUT2D eigenvalue weighted by molar-refractivity contribution is 5.76. The zero-order valence-electron chi connectivity index (χ0n) is 15.0. The zero-order chi connectivity index (χ0) is 17.6. The fourth-order valence-electron chi connectivity index (χ4n) is 3.27. The number of rotatable bonds is 8. The van der Waals surface area contributed by atoms with Crippen LogP contribution in [-0.4, -0.2) is 14.2 Å². The second kappa shape index (κ2) is 6.06. The Morgan fingerprint density at radius 2 is 1.16 bits per heavy atom. The van der Waals surface area contributed by atoms with E-state index in [4.69, 9.17) is 23.7 Å². The molecule has 2 aromatic rings. The van der Waals surface area contributed by atoms with Crippen molar-refractivity contribution < 1.29 is 23.7 Å². The Kier molecular flexibility index (Phi) is 3.86. The van der Waals surface area contributed by atoms with Gasteiger partial charge in [0.1, 0.15) is 0 Å². The minimum absolute atomic E-state index is 0.713. The number of methoxy groups -OCH3 is 2. The maximum absolute atomic E-state index is 6.16. The lowest BCUT2D eigenvalue weighted by Crippen LogP contribution is -1.92. The number of ether oxygens (including phenoxy) is 5. The molecule has 4 rings (SSSR count). The van der Waals surface area contributed by atoms with Gasteiger partial charge in [0.2, 0.25) is 23.0 Å². The van der Waals surface area contributed by atoms with Crippen LogP contribution in [0.25, 0.3) is 0 Å². The molecule has 0 aliphatic carbocycles. The zero-order valence-corrected chi connectivity index (χ0v) is 15.0. The van der Waals surface area contributed by atoms with E-state index in [0.717, 1.165) is 71.3 Å². The van der Waals surface area contributed by atoms with E-state index in [1.165, 1.54) is 0 Å². The molecule has 2 aliphatic heterocycles. The summed E-state index contributed by atoms with van der Waals surface area (Å²) in [6.45, 7) is 4.28. The van der Waals surface area contributed by atoms with Gasteiger partial charge in [0.15, 0.2) is 23.0 Å². The van der Waals surface area contributed by atoms with Gasteiger partial charge in [-0.2, -0.15) is 0 Å². The Hall–Kier alpha value is -2.56. The van der Waals surface area contributed by atoms with Gasteiger partial charge < -0.3 is 23.7 Å². The molecule has 0 radical (unpaired) electrons. The summed E-state index contributed by atoms with van der Waals surface area (Å²) in [4.78, 5) is 0. The molecule has 0 unspecified atom stereocenters. The number of aryl methyl sites for hydroxylation is 2. The third-order valence-electron chi connectivity index (χ3n) is 4.46. The van der Waals surface area contributed by atoms with Gasteiger partial charge in [-0.1, -0.05) is 26.7 Å². The van der Waals surface area contributed by atoms with E-state index in [1.54, 1.807) is 14.2 Å². The minimum atomic E-state index is 0.713. The number of benzene rings is 2. The minimum Gasteiger partial charge on any atom is -0.492 e.